The largest absolute Gasteiger partial charge is 0.484 e. The normalized spacial score (nSPS) is 16.0. The van der Waals surface area contributed by atoms with Gasteiger partial charge in [0.2, 0.25) is 0 Å². The summed E-state index contributed by atoms with van der Waals surface area (Å²) in [5, 5.41) is 4.41. The van der Waals surface area contributed by atoms with E-state index in [-0.39, 0.29) is 12.3 Å². The predicted octanol–water partition coefficient (Wildman–Crippen LogP) is 4.30. The van der Waals surface area contributed by atoms with E-state index < -0.39 is 28.8 Å². The second-order valence-corrected chi connectivity index (χ2v) is 7.88. The minimum Gasteiger partial charge on any atom is -0.484 e. The quantitative estimate of drug-likeness (QED) is 0.858. The minimum absolute atomic E-state index is 0.130. The first-order chi connectivity index (χ1) is 12.1. The molecule has 1 aliphatic rings. The Bertz CT molecular complexity index is 817. The molecule has 8 heteroatoms. The van der Waals surface area contributed by atoms with Gasteiger partial charge in [-0.2, -0.15) is 13.2 Å². The van der Waals surface area contributed by atoms with E-state index in [9.17, 15) is 18.0 Å². The number of amides is 1. The Balaban J connectivity index is 1.98. The van der Waals surface area contributed by atoms with Gasteiger partial charge in [0.25, 0.3) is 5.91 Å². The molecule has 0 spiro atoms. The van der Waals surface area contributed by atoms with Gasteiger partial charge in [-0.05, 0) is 37.4 Å². The van der Waals surface area contributed by atoms with Crippen LogP contribution in [0.3, 0.4) is 0 Å². The zero-order valence-corrected chi connectivity index (χ0v) is 15.4. The second kappa shape index (κ2) is 6.50. The summed E-state index contributed by atoms with van der Waals surface area (Å²) in [7, 11) is 1.77. The third kappa shape index (κ3) is 3.80. The summed E-state index contributed by atoms with van der Waals surface area (Å²) >= 11 is 1.43. The molecule has 0 bridgehead atoms. The first kappa shape index (κ1) is 18.6. The molecule has 3 rings (SSSR count). The van der Waals surface area contributed by atoms with Crippen molar-refractivity contribution < 1.29 is 22.7 Å². The van der Waals surface area contributed by atoms with Gasteiger partial charge in [0.1, 0.15) is 11.4 Å². The van der Waals surface area contributed by atoms with E-state index >= 15 is 0 Å². The standard InChI is InChI=1S/C18H19F3N2O2S/c1-17(2)10-23(3)14-7-12(13(18(19,20)21)8-15(14)25-17)16(24)22-9-11-5-4-6-26-11/h4-8H,9-10H2,1-3H3,(H,22,24). The van der Waals surface area contributed by atoms with Crippen LogP contribution in [0.4, 0.5) is 18.9 Å². The van der Waals surface area contributed by atoms with Crippen LogP contribution in [0.2, 0.25) is 0 Å². The van der Waals surface area contributed by atoms with Crippen molar-refractivity contribution in [3.8, 4) is 5.75 Å². The van der Waals surface area contributed by atoms with Crippen LogP contribution >= 0.6 is 11.3 Å². The maximum atomic E-state index is 13.5. The molecular weight excluding hydrogens is 365 g/mol. The van der Waals surface area contributed by atoms with Crippen LogP contribution in [0.5, 0.6) is 5.75 Å². The van der Waals surface area contributed by atoms with E-state index in [1.807, 2.05) is 17.5 Å². The molecule has 2 heterocycles. The van der Waals surface area contributed by atoms with Crippen molar-refractivity contribution in [2.24, 2.45) is 0 Å². The summed E-state index contributed by atoms with van der Waals surface area (Å²) < 4.78 is 46.3. The highest BCUT2D eigenvalue weighted by molar-refractivity contribution is 7.09. The van der Waals surface area contributed by atoms with Crippen molar-refractivity contribution in [2.45, 2.75) is 32.2 Å². The topological polar surface area (TPSA) is 41.6 Å². The van der Waals surface area contributed by atoms with Gasteiger partial charge in [-0.1, -0.05) is 6.07 Å². The number of halogens is 3. The molecule has 1 aromatic heterocycles. The van der Waals surface area contributed by atoms with E-state index in [2.05, 4.69) is 5.32 Å². The van der Waals surface area contributed by atoms with E-state index in [1.54, 1.807) is 25.8 Å². The number of benzene rings is 1. The lowest BCUT2D eigenvalue weighted by molar-refractivity contribution is -0.138. The summed E-state index contributed by atoms with van der Waals surface area (Å²) in [4.78, 5) is 15.1. The maximum absolute atomic E-state index is 13.5. The van der Waals surface area contributed by atoms with Crippen LogP contribution in [-0.2, 0) is 12.7 Å². The van der Waals surface area contributed by atoms with Gasteiger partial charge in [0, 0.05) is 11.9 Å². The lowest BCUT2D eigenvalue weighted by atomic mass is 10.00. The molecule has 0 fully saturated rings. The Morgan fingerprint density at radius 2 is 2.12 bits per heavy atom. The highest BCUT2D eigenvalue weighted by atomic mass is 32.1. The molecule has 0 saturated heterocycles. The van der Waals surface area contributed by atoms with Crippen molar-refractivity contribution in [1.82, 2.24) is 5.32 Å². The molecule has 0 saturated carbocycles. The monoisotopic (exact) mass is 384 g/mol. The number of likely N-dealkylation sites (N-methyl/N-ethyl adjacent to an activating group) is 1. The van der Waals surface area contributed by atoms with Crippen LogP contribution in [-0.4, -0.2) is 25.1 Å². The molecule has 0 radical (unpaired) electrons. The van der Waals surface area contributed by atoms with Gasteiger partial charge < -0.3 is 15.0 Å². The van der Waals surface area contributed by atoms with Crippen molar-refractivity contribution in [3.63, 3.8) is 0 Å². The first-order valence-electron chi connectivity index (χ1n) is 8.03. The van der Waals surface area contributed by atoms with Crippen LogP contribution < -0.4 is 15.0 Å². The molecule has 1 N–H and O–H groups in total. The molecular formula is C18H19F3N2O2S. The molecule has 140 valence electrons. The van der Waals surface area contributed by atoms with Gasteiger partial charge in [-0.3, -0.25) is 4.79 Å². The molecule has 1 aliphatic heterocycles. The lowest BCUT2D eigenvalue weighted by Crippen LogP contribution is -2.45. The smallest absolute Gasteiger partial charge is 0.417 e. The fraction of sp³-hybridized carbons (Fsp3) is 0.389. The minimum atomic E-state index is -4.66. The van der Waals surface area contributed by atoms with Gasteiger partial charge >= 0.3 is 6.18 Å². The zero-order valence-electron chi connectivity index (χ0n) is 14.6. The SMILES string of the molecule is CN1CC(C)(C)Oc2cc(C(F)(F)F)c(C(=O)NCc3cccs3)cc21. The Kier molecular flexibility index (Phi) is 4.64. The highest BCUT2D eigenvalue weighted by Crippen LogP contribution is 2.42. The molecule has 0 unspecified atom stereocenters. The molecule has 1 aromatic carbocycles. The number of alkyl halides is 3. The fourth-order valence-corrected chi connectivity index (χ4v) is 3.68. The zero-order chi connectivity index (χ0) is 19.1. The number of carbonyl (C=O) groups excluding carboxylic acids is 1. The van der Waals surface area contributed by atoms with E-state index in [0.29, 0.717) is 12.2 Å². The van der Waals surface area contributed by atoms with E-state index in [0.717, 1.165) is 10.9 Å². The van der Waals surface area contributed by atoms with Crippen molar-refractivity contribution in [2.75, 3.05) is 18.5 Å². The lowest BCUT2D eigenvalue weighted by Gasteiger charge is -2.39. The molecule has 1 amide bonds. The Morgan fingerprint density at radius 1 is 1.38 bits per heavy atom. The van der Waals surface area contributed by atoms with Crippen molar-refractivity contribution in [1.29, 1.82) is 0 Å². The summed E-state index contributed by atoms with van der Waals surface area (Å²) in [6, 6.07) is 5.82. The van der Waals surface area contributed by atoms with Crippen LogP contribution in [0.25, 0.3) is 0 Å². The predicted molar refractivity (Wildman–Crippen MR) is 94.9 cm³/mol. The highest BCUT2D eigenvalue weighted by Gasteiger charge is 2.39. The molecule has 0 atom stereocenters. The summed E-state index contributed by atoms with van der Waals surface area (Å²) in [6.07, 6.45) is -4.66. The van der Waals surface area contributed by atoms with Crippen LogP contribution in [0.1, 0.15) is 34.6 Å². The van der Waals surface area contributed by atoms with Gasteiger partial charge in [-0.25, -0.2) is 0 Å². The first-order valence-corrected chi connectivity index (χ1v) is 8.91. The number of hydrogen-bond donors (Lipinski definition) is 1. The van der Waals surface area contributed by atoms with Gasteiger partial charge in [0.05, 0.1) is 29.9 Å². The van der Waals surface area contributed by atoms with Gasteiger partial charge in [0.15, 0.2) is 0 Å². The summed E-state index contributed by atoms with van der Waals surface area (Å²) in [6.45, 7) is 4.30. The number of nitrogens with zero attached hydrogens (tertiary/aromatic N) is 1. The number of carbonyl (C=O) groups is 1. The number of rotatable bonds is 3. The average Bonchev–Trinajstić information content (AvgIpc) is 3.03. The number of fused-ring (bicyclic) bond motifs is 1. The number of hydrogen-bond acceptors (Lipinski definition) is 4. The molecule has 26 heavy (non-hydrogen) atoms. The molecule has 2 aromatic rings. The van der Waals surface area contributed by atoms with E-state index in [4.69, 9.17) is 4.74 Å². The van der Waals surface area contributed by atoms with Crippen LogP contribution in [0, 0.1) is 0 Å². The van der Waals surface area contributed by atoms with Gasteiger partial charge in [-0.15, -0.1) is 11.3 Å². The number of thiophene rings is 1. The average molecular weight is 384 g/mol. The third-order valence-corrected chi connectivity index (χ3v) is 4.94. The fourth-order valence-electron chi connectivity index (χ4n) is 3.03. The number of anilines is 1. The second-order valence-electron chi connectivity index (χ2n) is 6.84. The van der Waals surface area contributed by atoms with E-state index in [1.165, 1.54) is 17.4 Å². The van der Waals surface area contributed by atoms with Crippen LogP contribution in [0.15, 0.2) is 29.6 Å². The van der Waals surface area contributed by atoms with Crippen molar-refractivity contribution >= 4 is 22.9 Å². The molecule has 0 aliphatic carbocycles. The number of nitrogens with one attached hydrogen (secondary N) is 1. The summed E-state index contributed by atoms with van der Waals surface area (Å²) in [5.74, 6) is -0.627. The number of ether oxygens (including phenoxy) is 1. The molecule has 4 nitrogen and oxygen atoms in total. The Morgan fingerprint density at radius 3 is 2.73 bits per heavy atom. The Labute approximate surface area is 153 Å². The Hall–Kier alpha value is -2.22. The summed E-state index contributed by atoms with van der Waals surface area (Å²) in [5.41, 5.74) is -1.54. The van der Waals surface area contributed by atoms with Crippen molar-refractivity contribution in [3.05, 3.63) is 45.6 Å². The third-order valence-electron chi connectivity index (χ3n) is 4.07. The maximum Gasteiger partial charge on any atom is 0.417 e.